The number of hydrogen-bond acceptors (Lipinski definition) is 6. The molecule has 9 heteroatoms. The Kier molecular flexibility index (Phi) is 6.36. The van der Waals surface area contributed by atoms with Gasteiger partial charge in [-0.15, -0.1) is 0 Å². The van der Waals surface area contributed by atoms with Gasteiger partial charge in [0.15, 0.2) is 0 Å². The zero-order valence-electron chi connectivity index (χ0n) is 17.3. The third-order valence-corrected chi connectivity index (χ3v) is 6.07. The van der Waals surface area contributed by atoms with Gasteiger partial charge in [-0.05, 0) is 49.6 Å². The molecular formula is C22H22N4O4S. The minimum atomic E-state index is -4.13. The fourth-order valence-electron chi connectivity index (χ4n) is 2.97. The molecule has 0 amide bonds. The number of aryl methyl sites for hydroxylation is 3. The molecule has 3 aromatic carbocycles. The zero-order chi connectivity index (χ0) is 22.6. The van der Waals surface area contributed by atoms with Gasteiger partial charge in [-0.3, -0.25) is 20.3 Å². The second-order valence-corrected chi connectivity index (χ2v) is 8.74. The first-order valence-corrected chi connectivity index (χ1v) is 10.9. The van der Waals surface area contributed by atoms with Gasteiger partial charge in [-0.25, -0.2) is 8.42 Å². The SMILES string of the molecule is Cc1ccc(NS(=O)(=O)c2cc([N+](=O)[O-])ccc2N/N=C/c2ccccc2C)c(C)c1. The molecular weight excluding hydrogens is 416 g/mol. The molecule has 0 bridgehead atoms. The lowest BCUT2D eigenvalue weighted by Crippen LogP contribution is -2.16. The Bertz CT molecular complexity index is 1270. The number of hydrogen-bond donors (Lipinski definition) is 2. The number of hydrazone groups is 1. The van der Waals surface area contributed by atoms with E-state index in [1.54, 1.807) is 25.3 Å². The number of nitro benzene ring substituents is 1. The second-order valence-electron chi connectivity index (χ2n) is 7.09. The number of nitrogens with one attached hydrogen (secondary N) is 2. The van der Waals surface area contributed by atoms with Gasteiger partial charge in [-0.1, -0.05) is 42.0 Å². The first kappa shape index (κ1) is 22.0. The Morgan fingerprint density at radius 3 is 2.32 bits per heavy atom. The Hall–Kier alpha value is -3.72. The van der Waals surface area contributed by atoms with Crippen LogP contribution < -0.4 is 10.1 Å². The molecule has 8 nitrogen and oxygen atoms in total. The predicted molar refractivity (Wildman–Crippen MR) is 122 cm³/mol. The van der Waals surface area contributed by atoms with Crippen LogP contribution in [0.4, 0.5) is 17.1 Å². The topological polar surface area (TPSA) is 114 Å². The molecule has 0 heterocycles. The number of sulfonamides is 1. The lowest BCUT2D eigenvalue weighted by Gasteiger charge is -2.14. The first-order chi connectivity index (χ1) is 14.7. The van der Waals surface area contributed by atoms with Crippen molar-refractivity contribution in [2.45, 2.75) is 25.7 Å². The Morgan fingerprint density at radius 2 is 1.65 bits per heavy atom. The highest BCUT2D eigenvalue weighted by Crippen LogP contribution is 2.29. The average Bonchev–Trinajstić information content (AvgIpc) is 2.71. The minimum Gasteiger partial charge on any atom is -0.279 e. The molecule has 0 spiro atoms. The molecule has 2 N–H and O–H groups in total. The summed E-state index contributed by atoms with van der Waals surface area (Å²) in [5.74, 6) is 0. The molecule has 3 rings (SSSR count). The van der Waals surface area contributed by atoms with Crippen LogP contribution in [0, 0.1) is 30.9 Å². The van der Waals surface area contributed by atoms with Crippen LogP contribution in [0.1, 0.15) is 22.3 Å². The molecule has 160 valence electrons. The van der Waals surface area contributed by atoms with Crippen molar-refractivity contribution in [3.05, 3.63) is 93.0 Å². The third kappa shape index (κ3) is 5.26. The number of non-ortho nitro benzene ring substituents is 1. The maximum atomic E-state index is 13.1. The van der Waals surface area contributed by atoms with Crippen LogP contribution in [0.15, 0.2) is 70.7 Å². The Balaban J connectivity index is 1.97. The molecule has 0 aliphatic heterocycles. The van der Waals surface area contributed by atoms with E-state index in [9.17, 15) is 18.5 Å². The summed E-state index contributed by atoms with van der Waals surface area (Å²) < 4.78 is 28.7. The number of benzene rings is 3. The van der Waals surface area contributed by atoms with Crippen molar-refractivity contribution in [1.29, 1.82) is 0 Å². The summed E-state index contributed by atoms with van der Waals surface area (Å²) in [4.78, 5) is 10.3. The lowest BCUT2D eigenvalue weighted by atomic mass is 10.1. The van der Waals surface area contributed by atoms with E-state index in [0.717, 1.165) is 28.3 Å². The highest BCUT2D eigenvalue weighted by molar-refractivity contribution is 7.92. The van der Waals surface area contributed by atoms with Crippen LogP contribution in [0.25, 0.3) is 0 Å². The molecule has 0 aromatic heterocycles. The largest absolute Gasteiger partial charge is 0.279 e. The third-order valence-electron chi connectivity index (χ3n) is 4.67. The molecule has 3 aromatic rings. The van der Waals surface area contributed by atoms with Crippen LogP contribution in [-0.4, -0.2) is 19.6 Å². The fourth-order valence-corrected chi connectivity index (χ4v) is 4.28. The minimum absolute atomic E-state index is 0.118. The van der Waals surface area contributed by atoms with Crippen LogP contribution >= 0.6 is 0 Å². The average molecular weight is 439 g/mol. The van der Waals surface area contributed by atoms with E-state index in [2.05, 4.69) is 15.2 Å². The van der Waals surface area contributed by atoms with Crippen molar-refractivity contribution < 1.29 is 13.3 Å². The van der Waals surface area contributed by atoms with Crippen LogP contribution in [0.2, 0.25) is 0 Å². The van der Waals surface area contributed by atoms with Crippen molar-refractivity contribution in [1.82, 2.24) is 0 Å². The molecule has 0 fully saturated rings. The molecule has 0 saturated carbocycles. The quantitative estimate of drug-likeness (QED) is 0.313. The highest BCUT2D eigenvalue weighted by atomic mass is 32.2. The van der Waals surface area contributed by atoms with E-state index in [-0.39, 0.29) is 16.3 Å². The summed E-state index contributed by atoms with van der Waals surface area (Å²) >= 11 is 0. The van der Waals surface area contributed by atoms with E-state index < -0.39 is 14.9 Å². The van der Waals surface area contributed by atoms with E-state index in [1.807, 2.05) is 44.2 Å². The number of anilines is 2. The molecule has 0 saturated heterocycles. The molecule has 0 aliphatic rings. The van der Waals surface area contributed by atoms with Gasteiger partial charge >= 0.3 is 0 Å². The van der Waals surface area contributed by atoms with E-state index in [4.69, 9.17) is 0 Å². The van der Waals surface area contributed by atoms with Gasteiger partial charge in [-0.2, -0.15) is 5.10 Å². The fraction of sp³-hybridized carbons (Fsp3) is 0.136. The maximum absolute atomic E-state index is 13.1. The molecule has 31 heavy (non-hydrogen) atoms. The highest BCUT2D eigenvalue weighted by Gasteiger charge is 2.23. The lowest BCUT2D eigenvalue weighted by molar-refractivity contribution is -0.385. The summed E-state index contributed by atoms with van der Waals surface area (Å²) in [5.41, 5.74) is 6.46. The van der Waals surface area contributed by atoms with Crippen LogP contribution in [-0.2, 0) is 10.0 Å². The summed E-state index contributed by atoms with van der Waals surface area (Å²) in [5, 5.41) is 15.3. The Morgan fingerprint density at radius 1 is 0.935 bits per heavy atom. The van der Waals surface area contributed by atoms with Crippen molar-refractivity contribution in [2.24, 2.45) is 5.10 Å². The van der Waals surface area contributed by atoms with Crippen molar-refractivity contribution in [2.75, 3.05) is 10.1 Å². The van der Waals surface area contributed by atoms with Crippen molar-refractivity contribution in [3.63, 3.8) is 0 Å². The standard InChI is InChI=1S/C22H22N4O4S/c1-15-8-10-20(17(3)12-15)25-31(29,30)22-13-19(26(27)28)9-11-21(22)24-23-14-18-7-5-4-6-16(18)2/h4-14,24-25H,1-3H3/b23-14+. The summed E-state index contributed by atoms with van der Waals surface area (Å²) in [6, 6.07) is 16.4. The van der Waals surface area contributed by atoms with Crippen LogP contribution in [0.5, 0.6) is 0 Å². The van der Waals surface area contributed by atoms with Gasteiger partial charge in [0.2, 0.25) is 0 Å². The predicted octanol–water partition coefficient (Wildman–Crippen LogP) is 4.77. The van der Waals surface area contributed by atoms with Crippen LogP contribution in [0.3, 0.4) is 0 Å². The van der Waals surface area contributed by atoms with E-state index in [0.29, 0.717) is 5.69 Å². The molecule has 0 radical (unpaired) electrons. The molecule has 0 atom stereocenters. The molecule has 0 unspecified atom stereocenters. The first-order valence-electron chi connectivity index (χ1n) is 9.40. The van der Waals surface area contributed by atoms with Gasteiger partial charge in [0.25, 0.3) is 15.7 Å². The second kappa shape index (κ2) is 8.97. The summed E-state index contributed by atoms with van der Waals surface area (Å²) in [6.45, 7) is 5.61. The zero-order valence-corrected chi connectivity index (χ0v) is 18.1. The van der Waals surface area contributed by atoms with Crippen molar-refractivity contribution in [3.8, 4) is 0 Å². The summed E-state index contributed by atoms with van der Waals surface area (Å²) in [7, 11) is -4.13. The smallest absolute Gasteiger partial charge is 0.270 e. The number of nitro groups is 1. The van der Waals surface area contributed by atoms with Crippen molar-refractivity contribution >= 4 is 33.3 Å². The van der Waals surface area contributed by atoms with E-state index >= 15 is 0 Å². The Labute approximate surface area is 180 Å². The maximum Gasteiger partial charge on any atom is 0.270 e. The molecule has 0 aliphatic carbocycles. The summed E-state index contributed by atoms with van der Waals surface area (Å²) in [6.07, 6.45) is 1.56. The normalized spacial score (nSPS) is 11.5. The number of rotatable bonds is 7. The van der Waals surface area contributed by atoms with Gasteiger partial charge in [0, 0.05) is 12.1 Å². The van der Waals surface area contributed by atoms with Gasteiger partial charge in [0.1, 0.15) is 4.90 Å². The van der Waals surface area contributed by atoms with E-state index in [1.165, 1.54) is 12.1 Å². The van der Waals surface area contributed by atoms with Gasteiger partial charge in [0.05, 0.1) is 22.5 Å². The van der Waals surface area contributed by atoms with Gasteiger partial charge < -0.3 is 0 Å². The monoisotopic (exact) mass is 438 g/mol. The number of nitrogens with zero attached hydrogens (tertiary/aromatic N) is 2.